The highest BCUT2D eigenvalue weighted by molar-refractivity contribution is 6.00. The molecule has 1 saturated carbocycles. The maximum atomic E-state index is 12.1. The van der Waals surface area contributed by atoms with Crippen molar-refractivity contribution >= 4 is 17.4 Å². The van der Waals surface area contributed by atoms with Gasteiger partial charge in [-0.1, -0.05) is 31.9 Å². The van der Waals surface area contributed by atoms with Crippen molar-refractivity contribution in [3.63, 3.8) is 0 Å². The van der Waals surface area contributed by atoms with E-state index >= 15 is 0 Å². The zero-order chi connectivity index (χ0) is 15.2. The molecule has 1 aromatic carbocycles. The van der Waals surface area contributed by atoms with E-state index in [2.05, 4.69) is 17.6 Å². The number of carbonyl (C=O) groups excluding carboxylic acids is 2. The molecule has 2 atom stereocenters. The van der Waals surface area contributed by atoms with Gasteiger partial charge in [-0.2, -0.15) is 0 Å². The number of hydrogen-bond donors (Lipinski definition) is 2. The highest BCUT2D eigenvalue weighted by atomic mass is 16.2. The minimum atomic E-state index is -0.00731. The van der Waals surface area contributed by atoms with Crippen LogP contribution in [0.15, 0.2) is 24.3 Å². The van der Waals surface area contributed by atoms with Crippen molar-refractivity contribution in [1.82, 2.24) is 5.32 Å². The number of para-hydroxylation sites is 1. The summed E-state index contributed by atoms with van der Waals surface area (Å²) in [5, 5.41) is 6.17. The smallest absolute Gasteiger partial charge is 0.239 e. The first-order chi connectivity index (χ1) is 10.1. The van der Waals surface area contributed by atoms with Crippen molar-refractivity contribution in [3.05, 3.63) is 29.8 Å². The van der Waals surface area contributed by atoms with Gasteiger partial charge in [0.1, 0.15) is 0 Å². The van der Waals surface area contributed by atoms with E-state index in [1.807, 2.05) is 18.2 Å². The molecule has 114 valence electrons. The van der Waals surface area contributed by atoms with Crippen LogP contribution in [-0.4, -0.2) is 24.3 Å². The number of rotatable bonds is 5. The van der Waals surface area contributed by atoms with E-state index in [1.165, 1.54) is 26.2 Å². The fourth-order valence-electron chi connectivity index (χ4n) is 2.91. The van der Waals surface area contributed by atoms with Crippen LogP contribution >= 0.6 is 0 Å². The van der Waals surface area contributed by atoms with Gasteiger partial charge in [-0.05, 0) is 37.8 Å². The summed E-state index contributed by atoms with van der Waals surface area (Å²) in [4.78, 5) is 23.6. The molecule has 2 rings (SSSR count). The second kappa shape index (κ2) is 7.25. The summed E-state index contributed by atoms with van der Waals surface area (Å²) in [6.07, 6.45) is 4.70. The predicted molar refractivity (Wildman–Crippen MR) is 84.5 cm³/mol. The van der Waals surface area contributed by atoms with Gasteiger partial charge in [0.15, 0.2) is 5.78 Å². The van der Waals surface area contributed by atoms with Gasteiger partial charge in [0, 0.05) is 17.3 Å². The molecule has 21 heavy (non-hydrogen) atoms. The Kier molecular flexibility index (Phi) is 5.37. The molecule has 0 spiro atoms. The largest absolute Gasteiger partial charge is 0.376 e. The zero-order valence-corrected chi connectivity index (χ0v) is 12.8. The van der Waals surface area contributed by atoms with Gasteiger partial charge in [0.05, 0.1) is 6.54 Å². The van der Waals surface area contributed by atoms with Gasteiger partial charge < -0.3 is 10.6 Å². The highest BCUT2D eigenvalue weighted by Gasteiger charge is 2.22. The van der Waals surface area contributed by atoms with Gasteiger partial charge in [-0.3, -0.25) is 9.59 Å². The number of hydrogen-bond acceptors (Lipinski definition) is 3. The maximum absolute atomic E-state index is 12.1. The van der Waals surface area contributed by atoms with Crippen LogP contribution in [0.4, 0.5) is 5.69 Å². The molecule has 0 aliphatic heterocycles. The number of carbonyl (C=O) groups is 2. The molecule has 0 saturated heterocycles. The van der Waals surface area contributed by atoms with Crippen molar-refractivity contribution in [3.8, 4) is 0 Å². The van der Waals surface area contributed by atoms with Crippen LogP contribution in [0.3, 0.4) is 0 Å². The minimum Gasteiger partial charge on any atom is -0.376 e. The third-order valence-electron chi connectivity index (χ3n) is 4.20. The molecule has 0 radical (unpaired) electrons. The van der Waals surface area contributed by atoms with Crippen molar-refractivity contribution in [2.45, 2.75) is 45.6 Å². The van der Waals surface area contributed by atoms with Crippen molar-refractivity contribution < 1.29 is 9.59 Å². The molecule has 2 N–H and O–H groups in total. The van der Waals surface area contributed by atoms with Gasteiger partial charge >= 0.3 is 0 Å². The Labute approximate surface area is 126 Å². The lowest BCUT2D eigenvalue weighted by Crippen LogP contribution is -2.43. The fourth-order valence-corrected chi connectivity index (χ4v) is 2.91. The Morgan fingerprint density at radius 2 is 1.90 bits per heavy atom. The fraction of sp³-hybridized carbons (Fsp3) is 0.529. The third-order valence-corrected chi connectivity index (χ3v) is 4.20. The van der Waals surface area contributed by atoms with Crippen LogP contribution < -0.4 is 10.6 Å². The summed E-state index contributed by atoms with van der Waals surface area (Å²) in [5.74, 6) is 0.540. The Hall–Kier alpha value is -1.84. The van der Waals surface area contributed by atoms with Crippen molar-refractivity contribution in [2.24, 2.45) is 5.92 Å². The second-order valence-corrected chi connectivity index (χ2v) is 5.89. The number of amides is 1. The standard InChI is InChI=1S/C17H24N2O2/c1-12-7-3-5-9-15(12)19-17(21)11-18-16-10-6-4-8-14(16)13(2)20/h4,6,8,10,12,15,18H,3,5,7,9,11H2,1-2H3,(H,19,21)/t12-,15-/m0/s1. The molecule has 0 unspecified atom stereocenters. The predicted octanol–water partition coefficient (Wildman–Crippen LogP) is 3.00. The first-order valence-electron chi connectivity index (χ1n) is 7.71. The number of Topliss-reactive ketones (excluding diaryl/α,β-unsaturated/α-hetero) is 1. The van der Waals surface area contributed by atoms with Gasteiger partial charge in [-0.15, -0.1) is 0 Å². The van der Waals surface area contributed by atoms with E-state index in [1.54, 1.807) is 6.07 Å². The first kappa shape index (κ1) is 15.5. The molecule has 0 bridgehead atoms. The SMILES string of the molecule is CC(=O)c1ccccc1NCC(=O)N[C@H]1CCCC[C@@H]1C. The molecular formula is C17H24N2O2. The molecule has 4 nitrogen and oxygen atoms in total. The quantitative estimate of drug-likeness (QED) is 0.819. The van der Waals surface area contributed by atoms with Crippen LogP contribution in [0.5, 0.6) is 0 Å². The summed E-state index contributed by atoms with van der Waals surface area (Å²) in [6, 6.07) is 7.57. The lowest BCUT2D eigenvalue weighted by molar-refractivity contribution is -0.120. The molecule has 1 amide bonds. The van der Waals surface area contributed by atoms with E-state index in [9.17, 15) is 9.59 Å². The Bertz CT molecular complexity index is 513. The summed E-state index contributed by atoms with van der Waals surface area (Å²) in [5.41, 5.74) is 1.34. The minimum absolute atomic E-state index is 0.000545. The van der Waals surface area contributed by atoms with Gasteiger partial charge in [0.25, 0.3) is 0 Å². The van der Waals surface area contributed by atoms with E-state index in [-0.39, 0.29) is 24.3 Å². The number of anilines is 1. The summed E-state index contributed by atoms with van der Waals surface area (Å²) >= 11 is 0. The van der Waals surface area contributed by atoms with E-state index < -0.39 is 0 Å². The van der Waals surface area contributed by atoms with Crippen molar-refractivity contribution in [2.75, 3.05) is 11.9 Å². The summed E-state index contributed by atoms with van der Waals surface area (Å²) in [7, 11) is 0. The molecule has 1 aliphatic rings. The topological polar surface area (TPSA) is 58.2 Å². The van der Waals surface area contributed by atoms with Crippen LogP contribution in [0.2, 0.25) is 0 Å². The molecule has 0 heterocycles. The Balaban J connectivity index is 1.88. The molecule has 4 heteroatoms. The average Bonchev–Trinajstić information content (AvgIpc) is 2.48. The van der Waals surface area contributed by atoms with Crippen LogP contribution in [0, 0.1) is 5.92 Å². The van der Waals surface area contributed by atoms with E-state index in [4.69, 9.17) is 0 Å². The van der Waals surface area contributed by atoms with Crippen LogP contribution in [0.25, 0.3) is 0 Å². The molecule has 1 aliphatic carbocycles. The zero-order valence-electron chi connectivity index (χ0n) is 12.8. The van der Waals surface area contributed by atoms with Gasteiger partial charge in [-0.25, -0.2) is 0 Å². The number of ketones is 1. The molecule has 1 aromatic rings. The van der Waals surface area contributed by atoms with Gasteiger partial charge in [0.2, 0.25) is 5.91 Å². The second-order valence-electron chi connectivity index (χ2n) is 5.89. The monoisotopic (exact) mass is 288 g/mol. The molecule has 0 aromatic heterocycles. The average molecular weight is 288 g/mol. The summed E-state index contributed by atoms with van der Waals surface area (Å²) < 4.78 is 0. The maximum Gasteiger partial charge on any atom is 0.239 e. The highest BCUT2D eigenvalue weighted by Crippen LogP contribution is 2.23. The van der Waals surface area contributed by atoms with Crippen LogP contribution in [-0.2, 0) is 4.79 Å². The number of nitrogens with one attached hydrogen (secondary N) is 2. The lowest BCUT2D eigenvalue weighted by atomic mass is 9.86. The van der Waals surface area contributed by atoms with E-state index in [0.29, 0.717) is 11.5 Å². The third kappa shape index (κ3) is 4.31. The van der Waals surface area contributed by atoms with Crippen LogP contribution in [0.1, 0.15) is 49.9 Å². The Morgan fingerprint density at radius 3 is 2.62 bits per heavy atom. The molecule has 1 fully saturated rings. The lowest BCUT2D eigenvalue weighted by Gasteiger charge is -2.29. The van der Waals surface area contributed by atoms with E-state index in [0.717, 1.165) is 12.1 Å². The first-order valence-corrected chi connectivity index (χ1v) is 7.71. The Morgan fingerprint density at radius 1 is 1.19 bits per heavy atom. The number of benzene rings is 1. The summed E-state index contributed by atoms with van der Waals surface area (Å²) in [6.45, 7) is 3.93. The molecular weight excluding hydrogens is 264 g/mol. The van der Waals surface area contributed by atoms with Crippen molar-refractivity contribution in [1.29, 1.82) is 0 Å². The normalized spacial score (nSPS) is 21.6.